The fraction of sp³-hybridized carbons (Fsp3) is 0.348. The fourth-order valence-electron chi connectivity index (χ4n) is 3.61. The van der Waals surface area contributed by atoms with Gasteiger partial charge in [0.25, 0.3) is 0 Å². The summed E-state index contributed by atoms with van der Waals surface area (Å²) in [6.45, 7) is 3.45. The summed E-state index contributed by atoms with van der Waals surface area (Å²) >= 11 is 0. The quantitative estimate of drug-likeness (QED) is 0.579. The zero-order valence-corrected chi connectivity index (χ0v) is 17.8. The summed E-state index contributed by atoms with van der Waals surface area (Å²) in [6.07, 6.45) is 0.380. The normalized spacial score (nSPS) is 14.5. The van der Waals surface area contributed by atoms with Crippen LogP contribution in [-0.4, -0.2) is 66.2 Å². The Morgan fingerprint density at radius 2 is 1.71 bits per heavy atom. The Morgan fingerprint density at radius 3 is 2.45 bits per heavy atom. The van der Waals surface area contributed by atoms with E-state index in [0.29, 0.717) is 37.8 Å². The monoisotopic (exact) mass is 422 g/mol. The molecule has 162 valence electrons. The van der Waals surface area contributed by atoms with Gasteiger partial charge in [0.2, 0.25) is 17.6 Å². The van der Waals surface area contributed by atoms with Gasteiger partial charge in [-0.1, -0.05) is 29.4 Å². The summed E-state index contributed by atoms with van der Waals surface area (Å²) in [7, 11) is 3.26. The molecule has 1 amide bonds. The summed E-state index contributed by atoms with van der Waals surface area (Å²) in [5.41, 5.74) is 1.81. The first-order valence-corrected chi connectivity index (χ1v) is 10.2. The van der Waals surface area contributed by atoms with E-state index in [0.717, 1.165) is 35.7 Å². The van der Waals surface area contributed by atoms with Crippen LogP contribution in [0.4, 0.5) is 0 Å². The molecule has 2 heterocycles. The number of benzene rings is 2. The molecule has 4 rings (SSSR count). The van der Waals surface area contributed by atoms with Gasteiger partial charge in [-0.15, -0.1) is 0 Å². The van der Waals surface area contributed by atoms with E-state index in [1.54, 1.807) is 14.2 Å². The Balaban J connectivity index is 1.29. The van der Waals surface area contributed by atoms with E-state index in [1.165, 1.54) is 0 Å². The predicted octanol–water partition coefficient (Wildman–Crippen LogP) is 2.64. The van der Waals surface area contributed by atoms with Gasteiger partial charge in [0, 0.05) is 31.7 Å². The molecule has 2 aromatic carbocycles. The average Bonchev–Trinajstić information content (AvgIpc) is 3.28. The van der Waals surface area contributed by atoms with Crippen molar-refractivity contribution in [1.82, 2.24) is 19.9 Å². The second-order valence-electron chi connectivity index (χ2n) is 7.43. The maximum absolute atomic E-state index is 12.7. The van der Waals surface area contributed by atoms with E-state index in [1.807, 2.05) is 53.4 Å². The smallest absolute Gasteiger partial charge is 0.241 e. The van der Waals surface area contributed by atoms with Gasteiger partial charge in [-0.3, -0.25) is 9.69 Å². The van der Waals surface area contributed by atoms with Crippen molar-refractivity contribution >= 4 is 5.91 Å². The number of aromatic nitrogens is 2. The summed E-state index contributed by atoms with van der Waals surface area (Å²) in [4.78, 5) is 21.3. The first-order valence-electron chi connectivity index (χ1n) is 10.2. The lowest BCUT2D eigenvalue weighted by atomic mass is 10.1. The Bertz CT molecular complexity index is 1030. The van der Waals surface area contributed by atoms with Crippen LogP contribution in [0.15, 0.2) is 53.1 Å². The number of carbonyl (C=O) groups is 1. The van der Waals surface area contributed by atoms with Crippen molar-refractivity contribution in [3.05, 3.63) is 60.0 Å². The molecule has 3 aromatic rings. The zero-order chi connectivity index (χ0) is 21.6. The molecule has 0 N–H and O–H groups in total. The molecule has 31 heavy (non-hydrogen) atoms. The van der Waals surface area contributed by atoms with Crippen molar-refractivity contribution in [1.29, 1.82) is 0 Å². The summed E-state index contributed by atoms with van der Waals surface area (Å²) in [5.74, 6) is 2.75. The maximum atomic E-state index is 12.7. The second-order valence-corrected chi connectivity index (χ2v) is 7.43. The Kier molecular flexibility index (Phi) is 6.47. The first kappa shape index (κ1) is 20.9. The molecule has 1 fully saturated rings. The Hall–Kier alpha value is -3.39. The number of hydrogen-bond acceptors (Lipinski definition) is 7. The van der Waals surface area contributed by atoms with E-state index >= 15 is 0 Å². The number of nitrogens with zero attached hydrogens (tertiary/aromatic N) is 4. The van der Waals surface area contributed by atoms with Gasteiger partial charge in [-0.05, 0) is 29.8 Å². The molecule has 0 radical (unpaired) electrons. The van der Waals surface area contributed by atoms with Gasteiger partial charge in [0.1, 0.15) is 11.5 Å². The molecule has 0 atom stereocenters. The summed E-state index contributed by atoms with van der Waals surface area (Å²) in [6, 6.07) is 15.2. The number of hydrogen-bond donors (Lipinski definition) is 0. The fourth-order valence-corrected chi connectivity index (χ4v) is 3.61. The van der Waals surface area contributed by atoms with Crippen LogP contribution in [0.3, 0.4) is 0 Å². The second kappa shape index (κ2) is 9.61. The van der Waals surface area contributed by atoms with Crippen LogP contribution in [-0.2, 0) is 17.8 Å². The van der Waals surface area contributed by atoms with Crippen LogP contribution in [0.25, 0.3) is 11.4 Å². The Labute approximate surface area is 181 Å². The Morgan fingerprint density at radius 1 is 1.00 bits per heavy atom. The molecule has 0 saturated carbocycles. The van der Waals surface area contributed by atoms with Crippen LogP contribution in [0.5, 0.6) is 11.5 Å². The molecule has 0 aliphatic carbocycles. The SMILES string of the molecule is COc1cccc(CC(=O)N2CCN(Cc3nc(-c4cccc(OC)c4)no3)CC2)c1. The molecule has 8 nitrogen and oxygen atoms in total. The highest BCUT2D eigenvalue weighted by Crippen LogP contribution is 2.22. The number of amides is 1. The number of carbonyl (C=O) groups excluding carboxylic acids is 1. The van der Waals surface area contributed by atoms with Crippen LogP contribution >= 0.6 is 0 Å². The van der Waals surface area contributed by atoms with Crippen molar-refractivity contribution in [3.8, 4) is 22.9 Å². The minimum atomic E-state index is 0.131. The highest BCUT2D eigenvalue weighted by molar-refractivity contribution is 5.79. The van der Waals surface area contributed by atoms with Crippen molar-refractivity contribution < 1.29 is 18.8 Å². The molecule has 1 aliphatic heterocycles. The molecule has 0 spiro atoms. The summed E-state index contributed by atoms with van der Waals surface area (Å²) in [5, 5.41) is 4.09. The van der Waals surface area contributed by atoms with E-state index in [-0.39, 0.29) is 5.91 Å². The van der Waals surface area contributed by atoms with Gasteiger partial charge < -0.3 is 18.9 Å². The highest BCUT2D eigenvalue weighted by Gasteiger charge is 2.23. The standard InChI is InChI=1S/C23H26N4O4/c1-29-19-7-3-5-17(13-19)14-22(28)27-11-9-26(10-12-27)16-21-24-23(25-31-21)18-6-4-8-20(15-18)30-2/h3-8,13,15H,9-12,14,16H2,1-2H3. The molecule has 1 saturated heterocycles. The maximum Gasteiger partial charge on any atom is 0.241 e. The minimum absolute atomic E-state index is 0.131. The van der Waals surface area contributed by atoms with Gasteiger partial charge >= 0.3 is 0 Å². The van der Waals surface area contributed by atoms with Crippen molar-refractivity contribution in [2.45, 2.75) is 13.0 Å². The van der Waals surface area contributed by atoms with Crippen LogP contribution in [0.2, 0.25) is 0 Å². The third-order valence-corrected chi connectivity index (χ3v) is 5.37. The third-order valence-electron chi connectivity index (χ3n) is 5.37. The molecular weight excluding hydrogens is 396 g/mol. The van der Waals surface area contributed by atoms with Gasteiger partial charge in [-0.2, -0.15) is 4.98 Å². The molecular formula is C23H26N4O4. The lowest BCUT2D eigenvalue weighted by Gasteiger charge is -2.34. The van der Waals surface area contributed by atoms with Crippen molar-refractivity contribution in [3.63, 3.8) is 0 Å². The molecule has 8 heteroatoms. The molecule has 1 aliphatic rings. The van der Waals surface area contributed by atoms with E-state index in [4.69, 9.17) is 14.0 Å². The highest BCUT2D eigenvalue weighted by atomic mass is 16.5. The molecule has 0 unspecified atom stereocenters. The van der Waals surface area contributed by atoms with Gasteiger partial charge in [0.15, 0.2) is 0 Å². The van der Waals surface area contributed by atoms with E-state index < -0.39 is 0 Å². The summed E-state index contributed by atoms with van der Waals surface area (Å²) < 4.78 is 15.9. The number of rotatable bonds is 7. The topological polar surface area (TPSA) is 80.9 Å². The van der Waals surface area contributed by atoms with Crippen molar-refractivity contribution in [2.75, 3.05) is 40.4 Å². The zero-order valence-electron chi connectivity index (χ0n) is 17.8. The van der Waals surface area contributed by atoms with Crippen molar-refractivity contribution in [2.24, 2.45) is 0 Å². The lowest BCUT2D eigenvalue weighted by Crippen LogP contribution is -2.48. The first-order chi connectivity index (χ1) is 15.1. The average molecular weight is 422 g/mol. The molecule has 0 bridgehead atoms. The minimum Gasteiger partial charge on any atom is -0.497 e. The van der Waals surface area contributed by atoms with E-state index in [2.05, 4.69) is 15.0 Å². The largest absolute Gasteiger partial charge is 0.497 e. The lowest BCUT2D eigenvalue weighted by molar-refractivity contribution is -0.132. The number of methoxy groups -OCH3 is 2. The van der Waals surface area contributed by atoms with E-state index in [9.17, 15) is 4.79 Å². The molecule has 1 aromatic heterocycles. The number of piperazine rings is 1. The van der Waals surface area contributed by atoms with Gasteiger partial charge in [0.05, 0.1) is 27.2 Å². The third kappa shape index (κ3) is 5.21. The van der Waals surface area contributed by atoms with Crippen LogP contribution < -0.4 is 9.47 Å². The predicted molar refractivity (Wildman–Crippen MR) is 115 cm³/mol. The number of ether oxygens (including phenoxy) is 2. The van der Waals surface area contributed by atoms with Crippen LogP contribution in [0.1, 0.15) is 11.5 Å². The van der Waals surface area contributed by atoms with Gasteiger partial charge in [-0.25, -0.2) is 0 Å². The van der Waals surface area contributed by atoms with Crippen LogP contribution in [0, 0.1) is 0 Å².